The third-order valence-electron chi connectivity index (χ3n) is 2.84. The molecule has 1 aliphatic rings. The van der Waals surface area contributed by atoms with E-state index in [2.05, 4.69) is 25.9 Å². The lowest BCUT2D eigenvalue weighted by Crippen LogP contribution is -2.14. The van der Waals surface area contributed by atoms with Gasteiger partial charge in [-0.2, -0.15) is 0 Å². The van der Waals surface area contributed by atoms with Crippen LogP contribution < -0.4 is 4.90 Å². The zero-order valence-electron chi connectivity index (χ0n) is 8.90. The number of nitrogens with zero attached hydrogens (tertiary/aromatic N) is 3. The van der Waals surface area contributed by atoms with Gasteiger partial charge in [-0.1, -0.05) is 0 Å². The molecule has 3 nitrogen and oxygen atoms in total. The van der Waals surface area contributed by atoms with Crippen molar-refractivity contribution in [3.8, 4) is 0 Å². The minimum absolute atomic E-state index is 0.259. The van der Waals surface area contributed by atoms with E-state index in [4.69, 9.17) is 0 Å². The van der Waals surface area contributed by atoms with Crippen LogP contribution >= 0.6 is 15.9 Å². The Kier molecular flexibility index (Phi) is 2.55. The lowest BCUT2D eigenvalue weighted by Gasteiger charge is -2.18. The predicted octanol–water partition coefficient (Wildman–Crippen LogP) is 3.07. The van der Waals surface area contributed by atoms with E-state index in [0.29, 0.717) is 4.47 Å². The highest BCUT2D eigenvalue weighted by Gasteiger charge is 2.22. The third kappa shape index (κ3) is 1.80. The van der Waals surface area contributed by atoms with Gasteiger partial charge in [0.25, 0.3) is 0 Å². The summed E-state index contributed by atoms with van der Waals surface area (Å²) >= 11 is 3.15. The number of fused-ring (bicyclic) bond motifs is 1. The smallest absolute Gasteiger partial charge is 0.139 e. The molecule has 0 radical (unpaired) electrons. The Morgan fingerprint density at radius 1 is 1.35 bits per heavy atom. The van der Waals surface area contributed by atoms with Gasteiger partial charge in [-0.05, 0) is 40.5 Å². The fraction of sp³-hybridized carbons (Fsp3) is 0.167. The molecule has 3 rings (SSSR count). The molecule has 2 aromatic rings. The van der Waals surface area contributed by atoms with Crippen LogP contribution in [0.15, 0.2) is 35.2 Å². The first-order chi connectivity index (χ1) is 8.25. The van der Waals surface area contributed by atoms with Crippen molar-refractivity contribution in [2.45, 2.75) is 6.42 Å². The van der Waals surface area contributed by atoms with E-state index >= 15 is 0 Å². The molecule has 86 valence electrons. The summed E-state index contributed by atoms with van der Waals surface area (Å²) in [7, 11) is 0. The highest BCUT2D eigenvalue weighted by molar-refractivity contribution is 9.10. The largest absolute Gasteiger partial charge is 0.326 e. The van der Waals surface area contributed by atoms with Crippen molar-refractivity contribution in [3.05, 3.63) is 46.6 Å². The SMILES string of the molecule is Fc1cc(N2CCc3cncnc32)ccc1Br. The lowest BCUT2D eigenvalue weighted by atomic mass is 10.3. The van der Waals surface area contributed by atoms with E-state index in [1.807, 2.05) is 17.2 Å². The highest BCUT2D eigenvalue weighted by Crippen LogP contribution is 2.33. The van der Waals surface area contributed by atoms with Crippen molar-refractivity contribution < 1.29 is 4.39 Å². The molecule has 17 heavy (non-hydrogen) atoms. The van der Waals surface area contributed by atoms with Crippen LogP contribution in [0, 0.1) is 5.82 Å². The maximum Gasteiger partial charge on any atom is 0.139 e. The minimum atomic E-state index is -0.259. The first kappa shape index (κ1) is 10.7. The average Bonchev–Trinajstić information content (AvgIpc) is 2.76. The van der Waals surface area contributed by atoms with Gasteiger partial charge in [0.2, 0.25) is 0 Å². The fourth-order valence-electron chi connectivity index (χ4n) is 2.01. The standard InChI is InChI=1S/C12H9BrFN3/c13-10-2-1-9(5-11(10)14)17-4-3-8-6-15-7-16-12(8)17/h1-2,5-7H,3-4H2. The molecule has 5 heteroatoms. The number of aromatic nitrogens is 2. The number of rotatable bonds is 1. The third-order valence-corrected chi connectivity index (χ3v) is 3.48. The molecule has 0 amide bonds. The van der Waals surface area contributed by atoms with Gasteiger partial charge >= 0.3 is 0 Å². The molecule has 0 N–H and O–H groups in total. The van der Waals surface area contributed by atoms with Crippen LogP contribution in [0.4, 0.5) is 15.9 Å². The number of anilines is 2. The van der Waals surface area contributed by atoms with Gasteiger partial charge in [-0.3, -0.25) is 0 Å². The Bertz CT molecular complexity index is 573. The number of hydrogen-bond acceptors (Lipinski definition) is 3. The molecule has 1 aromatic carbocycles. The average molecular weight is 294 g/mol. The molecule has 0 aliphatic carbocycles. The molecule has 0 saturated heterocycles. The first-order valence-electron chi connectivity index (χ1n) is 5.27. The van der Waals surface area contributed by atoms with Gasteiger partial charge in [0.15, 0.2) is 0 Å². The highest BCUT2D eigenvalue weighted by atomic mass is 79.9. The number of halogens is 2. The quantitative estimate of drug-likeness (QED) is 0.809. The zero-order chi connectivity index (χ0) is 11.8. The molecule has 0 unspecified atom stereocenters. The molecule has 1 aromatic heterocycles. The molecule has 0 saturated carbocycles. The maximum absolute atomic E-state index is 13.5. The second-order valence-electron chi connectivity index (χ2n) is 3.87. The van der Waals surface area contributed by atoms with Crippen LogP contribution in [-0.2, 0) is 6.42 Å². The second-order valence-corrected chi connectivity index (χ2v) is 4.73. The number of benzene rings is 1. The van der Waals surface area contributed by atoms with Gasteiger partial charge in [-0.25, -0.2) is 14.4 Å². The summed E-state index contributed by atoms with van der Waals surface area (Å²) in [4.78, 5) is 10.3. The van der Waals surface area contributed by atoms with Crippen LogP contribution in [0.25, 0.3) is 0 Å². The molecule has 0 bridgehead atoms. The van der Waals surface area contributed by atoms with E-state index in [0.717, 1.165) is 30.0 Å². The van der Waals surface area contributed by atoms with Crippen LogP contribution in [0.2, 0.25) is 0 Å². The Hall–Kier alpha value is -1.49. The number of hydrogen-bond donors (Lipinski definition) is 0. The summed E-state index contributed by atoms with van der Waals surface area (Å²) in [5.74, 6) is 0.617. The van der Waals surface area contributed by atoms with E-state index < -0.39 is 0 Å². The Balaban J connectivity index is 2.04. The van der Waals surface area contributed by atoms with E-state index in [1.165, 1.54) is 12.4 Å². The second kappa shape index (κ2) is 4.07. The summed E-state index contributed by atoms with van der Waals surface area (Å²) < 4.78 is 14.0. The van der Waals surface area contributed by atoms with Crippen LogP contribution in [-0.4, -0.2) is 16.5 Å². The van der Waals surface area contributed by atoms with Gasteiger partial charge < -0.3 is 4.90 Å². The summed E-state index contributed by atoms with van der Waals surface area (Å²) in [5, 5.41) is 0. The molecule has 0 atom stereocenters. The van der Waals surface area contributed by atoms with Crippen molar-refractivity contribution >= 4 is 27.4 Å². The van der Waals surface area contributed by atoms with Crippen molar-refractivity contribution in [2.75, 3.05) is 11.4 Å². The molecule has 0 spiro atoms. The monoisotopic (exact) mass is 293 g/mol. The Labute approximate surface area is 106 Å². The Morgan fingerprint density at radius 2 is 2.24 bits per heavy atom. The molecular formula is C12H9BrFN3. The van der Waals surface area contributed by atoms with Crippen molar-refractivity contribution in [3.63, 3.8) is 0 Å². The topological polar surface area (TPSA) is 29.0 Å². The van der Waals surface area contributed by atoms with Crippen molar-refractivity contribution in [2.24, 2.45) is 0 Å². The van der Waals surface area contributed by atoms with Gasteiger partial charge in [0.1, 0.15) is 18.0 Å². The van der Waals surface area contributed by atoms with Crippen LogP contribution in [0.3, 0.4) is 0 Å². The van der Waals surface area contributed by atoms with Gasteiger partial charge in [-0.15, -0.1) is 0 Å². The van der Waals surface area contributed by atoms with Gasteiger partial charge in [0.05, 0.1) is 4.47 Å². The summed E-state index contributed by atoms with van der Waals surface area (Å²) in [5.41, 5.74) is 1.93. The van der Waals surface area contributed by atoms with E-state index in [1.54, 1.807) is 6.07 Å². The molecule has 0 fully saturated rings. The van der Waals surface area contributed by atoms with E-state index in [9.17, 15) is 4.39 Å². The molecule has 1 aliphatic heterocycles. The maximum atomic E-state index is 13.5. The lowest BCUT2D eigenvalue weighted by molar-refractivity contribution is 0.621. The predicted molar refractivity (Wildman–Crippen MR) is 66.8 cm³/mol. The molecular weight excluding hydrogens is 285 g/mol. The van der Waals surface area contributed by atoms with E-state index in [-0.39, 0.29) is 5.82 Å². The minimum Gasteiger partial charge on any atom is -0.326 e. The first-order valence-corrected chi connectivity index (χ1v) is 6.06. The fourth-order valence-corrected chi connectivity index (χ4v) is 2.26. The van der Waals surface area contributed by atoms with Gasteiger partial charge in [0, 0.05) is 24.0 Å². The normalized spacial score (nSPS) is 13.9. The van der Waals surface area contributed by atoms with Crippen LogP contribution in [0.5, 0.6) is 0 Å². The van der Waals surface area contributed by atoms with Crippen LogP contribution in [0.1, 0.15) is 5.56 Å². The zero-order valence-corrected chi connectivity index (χ0v) is 10.5. The Morgan fingerprint density at radius 3 is 3.06 bits per heavy atom. The summed E-state index contributed by atoms with van der Waals surface area (Å²) in [6.45, 7) is 0.815. The van der Waals surface area contributed by atoms with Crippen molar-refractivity contribution in [1.29, 1.82) is 0 Å². The molecule has 2 heterocycles. The summed E-state index contributed by atoms with van der Waals surface area (Å²) in [6, 6.07) is 5.11. The summed E-state index contributed by atoms with van der Waals surface area (Å²) in [6.07, 6.45) is 4.23. The van der Waals surface area contributed by atoms with Crippen molar-refractivity contribution in [1.82, 2.24) is 9.97 Å².